The Labute approximate surface area is 135 Å². The average Bonchev–Trinajstić information content (AvgIpc) is 3.07. The Morgan fingerprint density at radius 3 is 2.52 bits per heavy atom. The third-order valence-corrected chi connectivity index (χ3v) is 3.81. The number of urea groups is 1. The second kappa shape index (κ2) is 7.00. The van der Waals surface area contributed by atoms with E-state index in [9.17, 15) is 9.59 Å². The van der Waals surface area contributed by atoms with E-state index in [1.54, 1.807) is 49.5 Å². The molecule has 1 atom stereocenters. The van der Waals surface area contributed by atoms with E-state index < -0.39 is 0 Å². The molecule has 6 heteroatoms. The van der Waals surface area contributed by atoms with E-state index in [0.29, 0.717) is 11.4 Å². The third-order valence-electron chi connectivity index (χ3n) is 3.81. The monoisotopic (exact) mass is 315 g/mol. The lowest BCUT2D eigenvalue weighted by Gasteiger charge is -2.24. The predicted octanol–water partition coefficient (Wildman–Crippen LogP) is 3.49. The van der Waals surface area contributed by atoms with E-state index in [4.69, 9.17) is 4.42 Å². The number of hydrogen-bond acceptors (Lipinski definition) is 3. The molecule has 1 heterocycles. The molecule has 0 aliphatic heterocycles. The molecule has 0 saturated carbocycles. The second-order valence-electron chi connectivity index (χ2n) is 5.36. The van der Waals surface area contributed by atoms with Gasteiger partial charge in [0.2, 0.25) is 5.91 Å². The summed E-state index contributed by atoms with van der Waals surface area (Å²) in [5, 5.41) is 2.83. The maximum atomic E-state index is 12.4. The first-order valence-electron chi connectivity index (χ1n) is 7.31. The number of nitrogens with one attached hydrogen (secondary N) is 1. The van der Waals surface area contributed by atoms with Crippen molar-refractivity contribution >= 4 is 23.3 Å². The number of carbonyl (C=O) groups excluding carboxylic acids is 2. The Bertz CT molecular complexity index is 682. The zero-order valence-electron chi connectivity index (χ0n) is 13.7. The summed E-state index contributed by atoms with van der Waals surface area (Å²) in [6, 6.07) is 10.3. The first-order chi connectivity index (χ1) is 10.9. The third kappa shape index (κ3) is 3.91. The number of rotatable bonds is 4. The molecule has 23 heavy (non-hydrogen) atoms. The van der Waals surface area contributed by atoms with Gasteiger partial charge in [0.25, 0.3) is 0 Å². The van der Waals surface area contributed by atoms with Crippen molar-refractivity contribution in [2.45, 2.75) is 19.9 Å². The normalized spacial score (nSPS) is 11.7. The molecule has 0 unspecified atom stereocenters. The zero-order valence-corrected chi connectivity index (χ0v) is 13.7. The number of hydrogen-bond donors (Lipinski definition) is 1. The lowest BCUT2D eigenvalue weighted by atomic mass is 10.2. The summed E-state index contributed by atoms with van der Waals surface area (Å²) in [5.41, 5.74) is 1.34. The van der Waals surface area contributed by atoms with Crippen LogP contribution >= 0.6 is 0 Å². The molecule has 2 rings (SSSR count). The number of amides is 3. The highest BCUT2D eigenvalue weighted by molar-refractivity contribution is 5.93. The standard InChI is InChI=1S/C17H21N3O3/c1-12(16-9-6-10-23-16)19(3)17(22)18-14-7-5-8-15(11-14)20(4)13(2)21/h5-12H,1-4H3,(H,18,22)/t12-/m0/s1. The summed E-state index contributed by atoms with van der Waals surface area (Å²) in [5.74, 6) is 0.643. The Kier molecular flexibility index (Phi) is 5.05. The molecule has 0 aliphatic rings. The van der Waals surface area contributed by atoms with Crippen LogP contribution in [0.5, 0.6) is 0 Å². The van der Waals surface area contributed by atoms with Crippen LogP contribution in [0.25, 0.3) is 0 Å². The highest BCUT2D eigenvalue weighted by Gasteiger charge is 2.19. The molecular formula is C17H21N3O3. The van der Waals surface area contributed by atoms with E-state index in [1.165, 1.54) is 11.8 Å². The van der Waals surface area contributed by atoms with Crippen molar-refractivity contribution < 1.29 is 14.0 Å². The van der Waals surface area contributed by atoms with Crippen molar-refractivity contribution in [2.24, 2.45) is 0 Å². The second-order valence-corrected chi connectivity index (χ2v) is 5.36. The molecule has 0 spiro atoms. The molecule has 0 fully saturated rings. The lowest BCUT2D eigenvalue weighted by molar-refractivity contribution is -0.116. The molecule has 0 saturated heterocycles. The number of nitrogens with zero attached hydrogens (tertiary/aromatic N) is 2. The number of anilines is 2. The minimum absolute atomic E-state index is 0.0722. The van der Waals surface area contributed by atoms with E-state index in [1.807, 2.05) is 19.1 Å². The van der Waals surface area contributed by atoms with Crippen LogP contribution in [-0.4, -0.2) is 30.9 Å². The van der Waals surface area contributed by atoms with Crippen LogP contribution in [0.3, 0.4) is 0 Å². The SMILES string of the molecule is CC(=O)N(C)c1cccc(NC(=O)N(C)[C@@H](C)c2ccco2)c1. The van der Waals surface area contributed by atoms with Gasteiger partial charge in [0, 0.05) is 32.4 Å². The molecule has 0 bridgehead atoms. The summed E-state index contributed by atoms with van der Waals surface area (Å²) in [6.07, 6.45) is 1.58. The minimum Gasteiger partial charge on any atom is -0.467 e. The molecule has 122 valence electrons. The predicted molar refractivity (Wildman–Crippen MR) is 89.4 cm³/mol. The molecule has 3 amide bonds. The van der Waals surface area contributed by atoms with Gasteiger partial charge in [-0.2, -0.15) is 0 Å². The van der Waals surface area contributed by atoms with E-state index in [-0.39, 0.29) is 18.0 Å². The van der Waals surface area contributed by atoms with Crippen LogP contribution in [0.4, 0.5) is 16.2 Å². The Morgan fingerprint density at radius 2 is 1.91 bits per heavy atom. The van der Waals surface area contributed by atoms with Crippen molar-refractivity contribution in [3.05, 3.63) is 48.4 Å². The average molecular weight is 315 g/mol. The fourth-order valence-electron chi connectivity index (χ4n) is 2.08. The smallest absolute Gasteiger partial charge is 0.322 e. The number of furan rings is 1. The van der Waals surface area contributed by atoms with Crippen molar-refractivity contribution in [1.82, 2.24) is 4.90 Å². The van der Waals surface area contributed by atoms with Crippen LogP contribution in [0.1, 0.15) is 25.6 Å². The molecule has 2 aromatic rings. The van der Waals surface area contributed by atoms with Gasteiger partial charge in [-0.05, 0) is 37.3 Å². The van der Waals surface area contributed by atoms with E-state index >= 15 is 0 Å². The summed E-state index contributed by atoms with van der Waals surface area (Å²) in [7, 11) is 3.39. The fourth-order valence-corrected chi connectivity index (χ4v) is 2.08. The van der Waals surface area contributed by atoms with Crippen molar-refractivity contribution in [2.75, 3.05) is 24.3 Å². The molecule has 1 N–H and O–H groups in total. The van der Waals surface area contributed by atoms with Gasteiger partial charge in [0.1, 0.15) is 5.76 Å². The van der Waals surface area contributed by atoms with Crippen molar-refractivity contribution in [1.29, 1.82) is 0 Å². The Hall–Kier alpha value is -2.76. The van der Waals surface area contributed by atoms with E-state index in [0.717, 1.165) is 5.69 Å². The van der Waals surface area contributed by atoms with Crippen LogP contribution < -0.4 is 10.2 Å². The topological polar surface area (TPSA) is 65.8 Å². The summed E-state index contributed by atoms with van der Waals surface area (Å²) < 4.78 is 5.33. The largest absolute Gasteiger partial charge is 0.467 e. The van der Waals surface area contributed by atoms with Gasteiger partial charge in [-0.25, -0.2) is 4.79 Å². The number of benzene rings is 1. The highest BCUT2D eigenvalue weighted by Crippen LogP contribution is 2.22. The van der Waals surface area contributed by atoms with Crippen LogP contribution in [-0.2, 0) is 4.79 Å². The van der Waals surface area contributed by atoms with E-state index in [2.05, 4.69) is 5.32 Å². The Morgan fingerprint density at radius 1 is 1.17 bits per heavy atom. The summed E-state index contributed by atoms with van der Waals surface area (Å²) in [6.45, 7) is 3.38. The van der Waals surface area contributed by atoms with Gasteiger partial charge in [-0.15, -0.1) is 0 Å². The van der Waals surface area contributed by atoms with Gasteiger partial charge >= 0.3 is 6.03 Å². The van der Waals surface area contributed by atoms with Gasteiger partial charge in [-0.3, -0.25) is 4.79 Å². The van der Waals surface area contributed by atoms with Crippen molar-refractivity contribution in [3.8, 4) is 0 Å². The molecule has 6 nitrogen and oxygen atoms in total. The summed E-state index contributed by atoms with van der Waals surface area (Å²) in [4.78, 5) is 26.9. The lowest BCUT2D eigenvalue weighted by Crippen LogP contribution is -2.33. The highest BCUT2D eigenvalue weighted by atomic mass is 16.3. The van der Waals surface area contributed by atoms with Gasteiger partial charge in [-0.1, -0.05) is 6.07 Å². The van der Waals surface area contributed by atoms with Crippen LogP contribution in [0.15, 0.2) is 47.1 Å². The Balaban J connectivity index is 2.08. The van der Waals surface area contributed by atoms with Crippen molar-refractivity contribution in [3.63, 3.8) is 0 Å². The van der Waals surface area contributed by atoms with Gasteiger partial charge in [0.15, 0.2) is 0 Å². The first kappa shape index (κ1) is 16.6. The maximum Gasteiger partial charge on any atom is 0.322 e. The van der Waals surface area contributed by atoms with Gasteiger partial charge < -0.3 is 19.5 Å². The molecule has 1 aromatic carbocycles. The first-order valence-corrected chi connectivity index (χ1v) is 7.31. The molecular weight excluding hydrogens is 294 g/mol. The maximum absolute atomic E-state index is 12.4. The number of carbonyl (C=O) groups is 2. The zero-order chi connectivity index (χ0) is 17.0. The van der Waals surface area contributed by atoms with Crippen LogP contribution in [0.2, 0.25) is 0 Å². The molecule has 0 radical (unpaired) electrons. The quantitative estimate of drug-likeness (QED) is 0.939. The van der Waals surface area contributed by atoms with Crippen LogP contribution in [0, 0.1) is 0 Å². The minimum atomic E-state index is -0.253. The van der Waals surface area contributed by atoms with Gasteiger partial charge in [0.05, 0.1) is 12.3 Å². The molecule has 1 aromatic heterocycles. The summed E-state index contributed by atoms with van der Waals surface area (Å²) >= 11 is 0. The molecule has 0 aliphatic carbocycles. The fraction of sp³-hybridized carbons (Fsp3) is 0.294.